The fourth-order valence-electron chi connectivity index (χ4n) is 1.34. The first-order chi connectivity index (χ1) is 5.39. The normalized spacial score (nSPS) is 14.3. The molecule has 72 valence electrons. The van der Waals surface area contributed by atoms with Gasteiger partial charge in [0.1, 0.15) is 0 Å². The van der Waals surface area contributed by atoms with Crippen LogP contribution in [0.5, 0.6) is 0 Å². The van der Waals surface area contributed by atoms with Gasteiger partial charge < -0.3 is 5.11 Å². The molecule has 0 amide bonds. The molecule has 12 heavy (non-hydrogen) atoms. The molecule has 0 radical (unpaired) electrons. The van der Waals surface area contributed by atoms with Gasteiger partial charge in [0.05, 0.1) is 13.6 Å². The molecule has 1 atom stereocenters. The topological polar surface area (TPSA) is 37.3 Å². The lowest BCUT2D eigenvalue weighted by Gasteiger charge is -2.24. The Morgan fingerprint density at radius 2 is 1.92 bits per heavy atom. The lowest BCUT2D eigenvalue weighted by atomic mass is 10.2. The van der Waals surface area contributed by atoms with Crippen molar-refractivity contribution < 1.29 is 9.90 Å². The average molecular weight is 188 g/mol. The van der Waals surface area contributed by atoms with Gasteiger partial charge in [-0.25, -0.2) is 0 Å². The van der Waals surface area contributed by atoms with Crippen molar-refractivity contribution in [3.8, 4) is 0 Å². The van der Waals surface area contributed by atoms with E-state index in [2.05, 4.69) is 26.6 Å². The molecular formula is C9H20O2Si. The Morgan fingerprint density at radius 3 is 2.17 bits per heavy atom. The molecular weight excluding hydrogens is 168 g/mol. The van der Waals surface area contributed by atoms with Gasteiger partial charge in [0.2, 0.25) is 0 Å². The summed E-state index contributed by atoms with van der Waals surface area (Å²) in [6.07, 6.45) is 3.00. The maximum Gasteiger partial charge on any atom is 0.303 e. The van der Waals surface area contributed by atoms with Crippen LogP contribution in [0.4, 0.5) is 0 Å². The van der Waals surface area contributed by atoms with E-state index >= 15 is 0 Å². The number of aliphatic carboxylic acids is 1. The van der Waals surface area contributed by atoms with Gasteiger partial charge in [-0.05, 0) is 6.42 Å². The van der Waals surface area contributed by atoms with Crippen molar-refractivity contribution in [2.24, 2.45) is 0 Å². The minimum Gasteiger partial charge on any atom is -0.481 e. The van der Waals surface area contributed by atoms with Crippen LogP contribution in [-0.4, -0.2) is 19.1 Å². The molecule has 0 aromatic carbocycles. The second kappa shape index (κ2) is 4.65. The van der Waals surface area contributed by atoms with Gasteiger partial charge >= 0.3 is 5.97 Å². The summed E-state index contributed by atoms with van der Waals surface area (Å²) in [5, 5.41) is 8.97. The van der Waals surface area contributed by atoms with Crippen molar-refractivity contribution >= 4 is 14.0 Å². The molecule has 1 N–H and O–H groups in total. The summed E-state index contributed by atoms with van der Waals surface area (Å²) in [5.41, 5.74) is -0.0579. The van der Waals surface area contributed by atoms with E-state index in [1.165, 1.54) is 0 Å². The average Bonchev–Trinajstić information content (AvgIpc) is 1.84. The fourth-order valence-corrected chi connectivity index (χ4v) is 3.15. The minimum atomic E-state index is -1.49. The predicted molar refractivity (Wildman–Crippen MR) is 54.3 cm³/mol. The highest BCUT2D eigenvalue weighted by atomic mass is 28.3. The molecule has 0 saturated carbocycles. The van der Waals surface area contributed by atoms with Crippen molar-refractivity contribution in [1.29, 1.82) is 0 Å². The maximum atomic E-state index is 10.9. The number of carboxylic acids is 1. The molecule has 1 unspecified atom stereocenters. The van der Waals surface area contributed by atoms with E-state index in [1.54, 1.807) is 0 Å². The van der Waals surface area contributed by atoms with Crippen LogP contribution in [0.15, 0.2) is 0 Å². The highest BCUT2D eigenvalue weighted by Crippen LogP contribution is 2.27. The molecule has 0 aromatic heterocycles. The zero-order valence-electron chi connectivity index (χ0n) is 8.55. The molecule has 0 heterocycles. The van der Waals surface area contributed by atoms with Crippen molar-refractivity contribution in [2.45, 2.75) is 51.4 Å². The third-order valence-electron chi connectivity index (χ3n) is 2.19. The Kier molecular flexibility index (Phi) is 4.53. The van der Waals surface area contributed by atoms with Crippen molar-refractivity contribution in [3.05, 3.63) is 0 Å². The lowest BCUT2D eigenvalue weighted by Crippen LogP contribution is -2.33. The summed E-state index contributed by atoms with van der Waals surface area (Å²) in [7, 11) is -1.49. The van der Waals surface area contributed by atoms with Gasteiger partial charge in [-0.15, -0.1) is 0 Å². The van der Waals surface area contributed by atoms with Crippen LogP contribution in [-0.2, 0) is 4.79 Å². The van der Waals surface area contributed by atoms with Crippen molar-refractivity contribution in [3.63, 3.8) is 0 Å². The Hall–Kier alpha value is -0.313. The zero-order chi connectivity index (χ0) is 9.78. The van der Waals surface area contributed by atoms with Gasteiger partial charge in [0, 0.05) is 0 Å². The van der Waals surface area contributed by atoms with Gasteiger partial charge in [-0.3, -0.25) is 4.79 Å². The van der Waals surface area contributed by atoms with Crippen LogP contribution in [0.2, 0.25) is 25.2 Å². The minimum absolute atomic E-state index is 0.0579. The SMILES string of the molecule is CCCCC(C(=O)O)[Si](C)(C)C. The number of hydrogen-bond acceptors (Lipinski definition) is 1. The predicted octanol–water partition coefficient (Wildman–Crippen LogP) is 2.97. The monoisotopic (exact) mass is 188 g/mol. The van der Waals surface area contributed by atoms with E-state index in [0.29, 0.717) is 0 Å². The first-order valence-corrected chi connectivity index (χ1v) is 8.20. The van der Waals surface area contributed by atoms with Crippen LogP contribution in [0, 0.1) is 0 Å². The maximum absolute atomic E-state index is 10.9. The molecule has 0 saturated heterocycles. The van der Waals surface area contributed by atoms with Crippen LogP contribution in [0.25, 0.3) is 0 Å². The van der Waals surface area contributed by atoms with Crippen LogP contribution < -0.4 is 0 Å². The molecule has 0 aromatic rings. The summed E-state index contributed by atoms with van der Waals surface area (Å²) >= 11 is 0. The molecule has 0 fully saturated rings. The Morgan fingerprint density at radius 1 is 1.42 bits per heavy atom. The smallest absolute Gasteiger partial charge is 0.303 e. The van der Waals surface area contributed by atoms with Crippen molar-refractivity contribution in [2.75, 3.05) is 0 Å². The van der Waals surface area contributed by atoms with E-state index < -0.39 is 14.0 Å². The summed E-state index contributed by atoms with van der Waals surface area (Å²) in [4.78, 5) is 10.9. The second-order valence-electron chi connectivity index (χ2n) is 4.40. The summed E-state index contributed by atoms with van der Waals surface area (Å²) in [5.74, 6) is -0.595. The number of unbranched alkanes of at least 4 members (excludes halogenated alkanes) is 1. The van der Waals surface area contributed by atoms with E-state index in [1.807, 2.05) is 0 Å². The number of rotatable bonds is 5. The van der Waals surface area contributed by atoms with Crippen LogP contribution >= 0.6 is 0 Å². The second-order valence-corrected chi connectivity index (χ2v) is 9.83. The molecule has 0 aliphatic heterocycles. The van der Waals surface area contributed by atoms with Gasteiger partial charge in [-0.2, -0.15) is 0 Å². The number of carbonyl (C=O) groups is 1. The number of hydrogen-bond donors (Lipinski definition) is 1. The molecule has 2 nitrogen and oxygen atoms in total. The quantitative estimate of drug-likeness (QED) is 0.673. The molecule has 3 heteroatoms. The van der Waals surface area contributed by atoms with E-state index in [-0.39, 0.29) is 5.54 Å². The highest BCUT2D eigenvalue weighted by Gasteiger charge is 2.31. The zero-order valence-corrected chi connectivity index (χ0v) is 9.55. The van der Waals surface area contributed by atoms with Crippen LogP contribution in [0.1, 0.15) is 26.2 Å². The van der Waals surface area contributed by atoms with Gasteiger partial charge in [0.25, 0.3) is 0 Å². The fraction of sp³-hybridized carbons (Fsp3) is 0.889. The van der Waals surface area contributed by atoms with Crippen molar-refractivity contribution in [1.82, 2.24) is 0 Å². The standard InChI is InChI=1S/C9H20O2Si/c1-5-6-7-8(9(10)11)12(2,3)4/h8H,5-7H2,1-4H3,(H,10,11). The lowest BCUT2D eigenvalue weighted by molar-refractivity contribution is -0.137. The molecule has 0 bridgehead atoms. The van der Waals surface area contributed by atoms with E-state index in [9.17, 15) is 4.79 Å². The number of carboxylic acid groups (broad SMARTS) is 1. The Labute approximate surface area is 76.0 Å². The van der Waals surface area contributed by atoms with Gasteiger partial charge in [-0.1, -0.05) is 39.4 Å². The Bertz CT molecular complexity index is 149. The summed E-state index contributed by atoms with van der Waals surface area (Å²) < 4.78 is 0. The first kappa shape index (κ1) is 11.7. The molecule has 0 aliphatic rings. The summed E-state index contributed by atoms with van der Waals surface area (Å²) in [6.45, 7) is 8.48. The first-order valence-electron chi connectivity index (χ1n) is 4.62. The largest absolute Gasteiger partial charge is 0.481 e. The Balaban J connectivity index is 4.15. The summed E-state index contributed by atoms with van der Waals surface area (Å²) in [6, 6.07) is 0. The highest BCUT2D eigenvalue weighted by molar-refractivity contribution is 6.80. The van der Waals surface area contributed by atoms with Crippen LogP contribution in [0.3, 0.4) is 0 Å². The molecule has 0 rings (SSSR count). The third kappa shape index (κ3) is 3.90. The van der Waals surface area contributed by atoms with E-state index in [4.69, 9.17) is 5.11 Å². The molecule has 0 aliphatic carbocycles. The van der Waals surface area contributed by atoms with Gasteiger partial charge in [0.15, 0.2) is 0 Å². The molecule has 0 spiro atoms. The van der Waals surface area contributed by atoms with E-state index in [0.717, 1.165) is 19.3 Å². The third-order valence-corrected chi connectivity index (χ3v) is 4.82.